The van der Waals surface area contributed by atoms with E-state index in [0.29, 0.717) is 23.7 Å². The van der Waals surface area contributed by atoms with Crippen LogP contribution in [0.3, 0.4) is 0 Å². The first kappa shape index (κ1) is 8.75. The summed E-state index contributed by atoms with van der Waals surface area (Å²) in [5.74, 6) is -0.764. The minimum Gasteiger partial charge on any atom is -0.545 e. The smallest absolute Gasteiger partial charge is 0.0904 e. The lowest BCUT2D eigenvalue weighted by Gasteiger charge is -2.15. The van der Waals surface area contributed by atoms with E-state index >= 15 is 0 Å². The molecule has 3 heteroatoms. The number of fused-ring (bicyclic) bond motifs is 1. The van der Waals surface area contributed by atoms with Crippen LogP contribution < -0.4 is 5.11 Å². The van der Waals surface area contributed by atoms with Crippen LogP contribution in [0, 0.1) is 5.92 Å². The number of epoxide rings is 1. The monoisotopic (exact) mass is 181 g/mol. The van der Waals surface area contributed by atoms with Crippen LogP contribution in [0.4, 0.5) is 0 Å². The van der Waals surface area contributed by atoms with Gasteiger partial charge in [0.15, 0.2) is 0 Å². The first-order valence-electron chi connectivity index (χ1n) is 4.73. The van der Waals surface area contributed by atoms with E-state index in [1.54, 1.807) is 13.0 Å². The fourth-order valence-corrected chi connectivity index (χ4v) is 2.05. The van der Waals surface area contributed by atoms with E-state index in [1.807, 2.05) is 0 Å². The van der Waals surface area contributed by atoms with Crippen LogP contribution in [-0.4, -0.2) is 18.2 Å². The SMILES string of the molecule is C/C(=C\C1CCCC2OC12)C(=O)[O-]. The zero-order valence-corrected chi connectivity index (χ0v) is 7.66. The molecule has 2 aliphatic rings. The molecule has 72 valence electrons. The molecule has 3 nitrogen and oxygen atoms in total. The third-order valence-electron chi connectivity index (χ3n) is 2.86. The summed E-state index contributed by atoms with van der Waals surface area (Å²) in [6.07, 6.45) is 5.82. The van der Waals surface area contributed by atoms with Gasteiger partial charge in [0.2, 0.25) is 0 Å². The number of rotatable bonds is 2. The predicted octanol–water partition coefficient (Wildman–Crippen LogP) is 0.250. The maximum atomic E-state index is 10.5. The number of carbonyl (C=O) groups is 1. The first-order chi connectivity index (χ1) is 6.18. The third kappa shape index (κ3) is 1.75. The molecular weight excluding hydrogens is 168 g/mol. The maximum absolute atomic E-state index is 10.5. The van der Waals surface area contributed by atoms with Crippen molar-refractivity contribution in [3.63, 3.8) is 0 Å². The molecule has 1 saturated carbocycles. The van der Waals surface area contributed by atoms with Gasteiger partial charge in [-0.3, -0.25) is 0 Å². The van der Waals surface area contributed by atoms with Crippen LogP contribution in [0.15, 0.2) is 11.6 Å². The van der Waals surface area contributed by atoms with Gasteiger partial charge in [-0.2, -0.15) is 0 Å². The molecule has 1 aliphatic carbocycles. The zero-order valence-electron chi connectivity index (χ0n) is 7.66. The number of carboxylic acid groups (broad SMARTS) is 1. The van der Waals surface area contributed by atoms with Crippen molar-refractivity contribution in [3.8, 4) is 0 Å². The summed E-state index contributed by atoms with van der Waals surface area (Å²) >= 11 is 0. The average Bonchev–Trinajstić information content (AvgIpc) is 2.83. The second kappa shape index (κ2) is 3.14. The van der Waals surface area contributed by atoms with Gasteiger partial charge in [0.1, 0.15) is 0 Å². The Morgan fingerprint density at radius 1 is 1.54 bits per heavy atom. The van der Waals surface area contributed by atoms with Crippen LogP contribution in [0.1, 0.15) is 26.2 Å². The van der Waals surface area contributed by atoms with E-state index in [9.17, 15) is 9.90 Å². The van der Waals surface area contributed by atoms with E-state index in [-0.39, 0.29) is 0 Å². The summed E-state index contributed by atoms with van der Waals surface area (Å²) in [6, 6.07) is 0. The van der Waals surface area contributed by atoms with Gasteiger partial charge in [-0.1, -0.05) is 12.5 Å². The molecule has 3 atom stereocenters. The Kier molecular flexibility index (Phi) is 2.12. The number of hydrogen-bond acceptors (Lipinski definition) is 3. The fraction of sp³-hybridized carbons (Fsp3) is 0.700. The summed E-state index contributed by atoms with van der Waals surface area (Å²) < 4.78 is 5.41. The van der Waals surface area contributed by atoms with Crippen molar-refractivity contribution in [3.05, 3.63) is 11.6 Å². The van der Waals surface area contributed by atoms with E-state index in [0.717, 1.165) is 19.3 Å². The Labute approximate surface area is 77.4 Å². The molecule has 0 aromatic carbocycles. The van der Waals surface area contributed by atoms with Crippen molar-refractivity contribution in [2.75, 3.05) is 0 Å². The van der Waals surface area contributed by atoms with Crippen molar-refractivity contribution in [1.29, 1.82) is 0 Å². The van der Waals surface area contributed by atoms with Gasteiger partial charge in [0.05, 0.1) is 18.2 Å². The van der Waals surface area contributed by atoms with E-state index < -0.39 is 5.97 Å². The lowest BCUT2D eigenvalue weighted by molar-refractivity contribution is -0.299. The molecule has 1 heterocycles. The molecule has 0 aromatic rings. The van der Waals surface area contributed by atoms with Crippen molar-refractivity contribution >= 4 is 5.97 Å². The fourth-order valence-electron chi connectivity index (χ4n) is 2.05. The molecule has 1 aliphatic heterocycles. The van der Waals surface area contributed by atoms with Crippen LogP contribution in [0.2, 0.25) is 0 Å². The lowest BCUT2D eigenvalue weighted by Crippen LogP contribution is -2.24. The predicted molar refractivity (Wildman–Crippen MR) is 44.8 cm³/mol. The van der Waals surface area contributed by atoms with E-state index in [1.165, 1.54) is 0 Å². The van der Waals surface area contributed by atoms with Crippen molar-refractivity contribution in [2.45, 2.75) is 38.4 Å². The Hall–Kier alpha value is -0.830. The quantitative estimate of drug-likeness (QED) is 0.453. The molecule has 13 heavy (non-hydrogen) atoms. The number of carbonyl (C=O) groups excluding carboxylic acids is 1. The van der Waals surface area contributed by atoms with Gasteiger partial charge in [0, 0.05) is 5.92 Å². The van der Waals surface area contributed by atoms with Gasteiger partial charge in [0.25, 0.3) is 0 Å². The standard InChI is InChI=1S/C10H14O3/c1-6(10(11)12)5-7-3-2-4-8-9(7)13-8/h5,7-9H,2-4H2,1H3,(H,11,12)/p-1/b6-5+. The molecule has 0 radical (unpaired) electrons. The summed E-state index contributed by atoms with van der Waals surface area (Å²) in [5, 5.41) is 10.5. The maximum Gasteiger partial charge on any atom is 0.0904 e. The molecule has 0 bridgehead atoms. The Balaban J connectivity index is 2.01. The zero-order chi connectivity index (χ0) is 9.42. The Morgan fingerprint density at radius 3 is 3.00 bits per heavy atom. The van der Waals surface area contributed by atoms with Crippen molar-refractivity contribution in [1.82, 2.24) is 0 Å². The molecule has 2 fully saturated rings. The van der Waals surface area contributed by atoms with Crippen LogP contribution in [0.25, 0.3) is 0 Å². The van der Waals surface area contributed by atoms with Gasteiger partial charge in [-0.15, -0.1) is 0 Å². The number of hydrogen-bond donors (Lipinski definition) is 0. The molecular formula is C10H13O3-. The van der Waals surface area contributed by atoms with Crippen LogP contribution in [0.5, 0.6) is 0 Å². The van der Waals surface area contributed by atoms with Crippen LogP contribution >= 0.6 is 0 Å². The Morgan fingerprint density at radius 2 is 2.31 bits per heavy atom. The van der Waals surface area contributed by atoms with Crippen molar-refractivity contribution < 1.29 is 14.6 Å². The second-order valence-corrected chi connectivity index (χ2v) is 3.87. The molecule has 3 unspecified atom stereocenters. The van der Waals surface area contributed by atoms with E-state index in [2.05, 4.69) is 0 Å². The lowest BCUT2D eigenvalue weighted by atomic mass is 9.88. The minimum atomic E-state index is -1.07. The summed E-state index contributed by atoms with van der Waals surface area (Å²) in [4.78, 5) is 10.5. The van der Waals surface area contributed by atoms with Crippen molar-refractivity contribution in [2.24, 2.45) is 5.92 Å². The first-order valence-corrected chi connectivity index (χ1v) is 4.73. The molecule has 0 spiro atoms. The number of aliphatic carboxylic acids is 1. The molecule has 0 N–H and O–H groups in total. The number of ether oxygens (including phenoxy) is 1. The normalized spacial score (nSPS) is 38.2. The Bertz CT molecular complexity index is 257. The highest BCUT2D eigenvalue weighted by Crippen LogP contribution is 2.41. The summed E-state index contributed by atoms with van der Waals surface area (Å²) in [5.41, 5.74) is 0.334. The highest BCUT2D eigenvalue weighted by atomic mass is 16.6. The van der Waals surface area contributed by atoms with Gasteiger partial charge in [-0.05, 0) is 25.3 Å². The summed E-state index contributed by atoms with van der Waals surface area (Å²) in [7, 11) is 0. The second-order valence-electron chi connectivity index (χ2n) is 3.87. The van der Waals surface area contributed by atoms with Crippen LogP contribution in [-0.2, 0) is 9.53 Å². The average molecular weight is 181 g/mol. The number of carboxylic acids is 1. The molecule has 0 aromatic heterocycles. The topological polar surface area (TPSA) is 52.7 Å². The van der Waals surface area contributed by atoms with Gasteiger partial charge in [-0.25, -0.2) is 0 Å². The molecule has 1 saturated heterocycles. The van der Waals surface area contributed by atoms with Gasteiger partial charge < -0.3 is 14.6 Å². The third-order valence-corrected chi connectivity index (χ3v) is 2.86. The van der Waals surface area contributed by atoms with E-state index in [4.69, 9.17) is 4.74 Å². The van der Waals surface area contributed by atoms with Gasteiger partial charge >= 0.3 is 0 Å². The molecule has 0 amide bonds. The molecule has 2 rings (SSSR count). The minimum absolute atomic E-state index is 0.294. The summed E-state index contributed by atoms with van der Waals surface area (Å²) in [6.45, 7) is 1.58. The highest BCUT2D eigenvalue weighted by molar-refractivity contribution is 5.83. The largest absolute Gasteiger partial charge is 0.545 e. The highest BCUT2D eigenvalue weighted by Gasteiger charge is 2.46.